The van der Waals surface area contributed by atoms with Crippen molar-refractivity contribution in [3.05, 3.63) is 41.1 Å². The van der Waals surface area contributed by atoms with Gasteiger partial charge in [0.1, 0.15) is 11.6 Å². The fourth-order valence-electron chi connectivity index (χ4n) is 3.91. The Balaban J connectivity index is 1.97. The van der Waals surface area contributed by atoms with Gasteiger partial charge in [0.05, 0.1) is 0 Å². The maximum Gasteiger partial charge on any atom is 0.263 e. The van der Waals surface area contributed by atoms with Crippen LogP contribution >= 0.6 is 0 Å². The van der Waals surface area contributed by atoms with Gasteiger partial charge in [-0.15, -0.1) is 0 Å². The molecule has 0 unspecified atom stereocenters. The highest BCUT2D eigenvalue weighted by atomic mass is 16.1. The van der Waals surface area contributed by atoms with Crippen LogP contribution in [0.5, 0.6) is 0 Å². The van der Waals surface area contributed by atoms with Crippen molar-refractivity contribution in [3.63, 3.8) is 0 Å². The second-order valence-corrected chi connectivity index (χ2v) is 8.01. The van der Waals surface area contributed by atoms with Crippen LogP contribution in [-0.4, -0.2) is 11.9 Å². The number of benzene rings is 1. The Morgan fingerprint density at radius 2 is 1.46 bits per heavy atom. The molecule has 0 radical (unpaired) electrons. The maximum absolute atomic E-state index is 12.7. The van der Waals surface area contributed by atoms with Gasteiger partial charge < -0.3 is 10.6 Å². The number of aryl methyl sites for hydroxylation is 2. The van der Waals surface area contributed by atoms with Crippen LogP contribution in [0, 0.1) is 25.2 Å². The Kier molecular flexibility index (Phi) is 9.62. The number of hydrogen-bond donors (Lipinski definition) is 2. The minimum atomic E-state index is -0.265. The summed E-state index contributed by atoms with van der Waals surface area (Å²) in [6, 6.07) is 8.26. The van der Waals surface area contributed by atoms with Crippen molar-refractivity contribution in [2.75, 3.05) is 5.32 Å². The molecule has 4 nitrogen and oxygen atoms in total. The summed E-state index contributed by atoms with van der Waals surface area (Å²) < 4.78 is 0. The lowest BCUT2D eigenvalue weighted by Crippen LogP contribution is -2.35. The summed E-state index contributed by atoms with van der Waals surface area (Å²) >= 11 is 0. The highest BCUT2D eigenvalue weighted by Crippen LogP contribution is 2.20. The van der Waals surface area contributed by atoms with Crippen LogP contribution in [-0.2, 0) is 4.79 Å². The van der Waals surface area contributed by atoms with Gasteiger partial charge in [-0.3, -0.25) is 4.79 Å². The second kappa shape index (κ2) is 12.2. The third kappa shape index (κ3) is 7.38. The number of nitrogens with zero attached hydrogens (tertiary/aromatic N) is 1. The molecule has 1 amide bonds. The molecule has 28 heavy (non-hydrogen) atoms. The minimum absolute atomic E-state index is 0.133. The number of anilines is 1. The van der Waals surface area contributed by atoms with Crippen molar-refractivity contribution in [2.45, 2.75) is 90.5 Å². The van der Waals surface area contributed by atoms with Gasteiger partial charge in [-0.1, -0.05) is 76.0 Å². The normalized spacial score (nSPS) is 17.7. The van der Waals surface area contributed by atoms with E-state index in [9.17, 15) is 10.1 Å². The number of nitrogens with one attached hydrogen (secondary N) is 2. The summed E-state index contributed by atoms with van der Waals surface area (Å²) in [4.78, 5) is 12.7. The number of nitriles is 1. The van der Waals surface area contributed by atoms with Crippen molar-refractivity contribution >= 4 is 11.6 Å². The summed E-state index contributed by atoms with van der Waals surface area (Å²) in [6.45, 7) is 4.03. The van der Waals surface area contributed by atoms with Gasteiger partial charge in [0.25, 0.3) is 5.91 Å². The van der Waals surface area contributed by atoms with Crippen LogP contribution in [0.15, 0.2) is 30.0 Å². The van der Waals surface area contributed by atoms with Gasteiger partial charge in [0, 0.05) is 17.9 Å². The minimum Gasteiger partial charge on any atom is -0.360 e. The Hall–Kier alpha value is -2.28. The maximum atomic E-state index is 12.7. The van der Waals surface area contributed by atoms with E-state index in [1.807, 2.05) is 32.0 Å². The predicted octanol–water partition coefficient (Wildman–Crippen LogP) is 5.91. The smallest absolute Gasteiger partial charge is 0.263 e. The fourth-order valence-corrected chi connectivity index (χ4v) is 3.91. The SMILES string of the molecule is Cc1cccc(C)c1N/C=C(/C#N)C(=O)NC1CCCCCCCCCCC1. The Morgan fingerprint density at radius 3 is 1.96 bits per heavy atom. The van der Waals surface area contributed by atoms with Crippen LogP contribution in [0.3, 0.4) is 0 Å². The summed E-state index contributed by atoms with van der Waals surface area (Å²) in [5, 5.41) is 15.8. The lowest BCUT2D eigenvalue weighted by atomic mass is 9.97. The number of rotatable bonds is 4. The van der Waals surface area contributed by atoms with Crippen molar-refractivity contribution in [3.8, 4) is 6.07 Å². The molecular formula is C24H35N3O. The average molecular weight is 382 g/mol. The molecule has 1 fully saturated rings. The first-order chi connectivity index (χ1) is 13.6. The summed E-state index contributed by atoms with van der Waals surface area (Å²) in [5.41, 5.74) is 3.27. The lowest BCUT2D eigenvalue weighted by Gasteiger charge is -2.19. The third-order valence-corrected chi connectivity index (χ3v) is 5.65. The molecule has 1 saturated carbocycles. The molecule has 2 rings (SSSR count). The second-order valence-electron chi connectivity index (χ2n) is 8.01. The van der Waals surface area contributed by atoms with E-state index in [1.54, 1.807) is 6.20 Å². The van der Waals surface area contributed by atoms with E-state index in [1.165, 1.54) is 44.9 Å². The molecule has 1 aromatic carbocycles. The molecule has 0 atom stereocenters. The zero-order valence-corrected chi connectivity index (χ0v) is 17.5. The average Bonchev–Trinajstić information content (AvgIpc) is 2.66. The molecule has 0 spiro atoms. The highest BCUT2D eigenvalue weighted by Gasteiger charge is 2.16. The summed E-state index contributed by atoms with van der Waals surface area (Å²) in [6.07, 6.45) is 15.0. The summed E-state index contributed by atoms with van der Waals surface area (Å²) in [5.74, 6) is -0.265. The number of carbonyl (C=O) groups excluding carboxylic acids is 1. The van der Waals surface area contributed by atoms with Crippen LogP contribution in [0.25, 0.3) is 0 Å². The zero-order valence-electron chi connectivity index (χ0n) is 17.5. The van der Waals surface area contributed by atoms with E-state index in [0.717, 1.165) is 42.5 Å². The molecule has 0 heterocycles. The topological polar surface area (TPSA) is 64.9 Å². The van der Waals surface area contributed by atoms with Gasteiger partial charge in [0.2, 0.25) is 0 Å². The summed E-state index contributed by atoms with van der Waals surface area (Å²) in [7, 11) is 0. The van der Waals surface area contributed by atoms with Gasteiger partial charge in [0.15, 0.2) is 0 Å². The van der Waals surface area contributed by atoms with Crippen LogP contribution in [0.2, 0.25) is 0 Å². The predicted molar refractivity (Wildman–Crippen MR) is 116 cm³/mol. The third-order valence-electron chi connectivity index (χ3n) is 5.65. The highest BCUT2D eigenvalue weighted by molar-refractivity contribution is 5.97. The molecule has 2 N–H and O–H groups in total. The molecule has 4 heteroatoms. The van der Waals surface area contributed by atoms with Crippen molar-refractivity contribution < 1.29 is 4.79 Å². The molecule has 0 aromatic heterocycles. The first-order valence-electron chi connectivity index (χ1n) is 10.9. The van der Waals surface area contributed by atoms with E-state index < -0.39 is 0 Å². The van der Waals surface area contributed by atoms with Crippen molar-refractivity contribution in [2.24, 2.45) is 0 Å². The van der Waals surface area contributed by atoms with E-state index >= 15 is 0 Å². The first-order valence-corrected chi connectivity index (χ1v) is 10.9. The Labute approximate surface area is 170 Å². The number of para-hydroxylation sites is 1. The Bertz CT molecular complexity index is 670. The van der Waals surface area contributed by atoms with E-state index in [0.29, 0.717) is 0 Å². The monoisotopic (exact) mass is 381 g/mol. The molecule has 1 aliphatic carbocycles. The van der Waals surface area contributed by atoms with Crippen molar-refractivity contribution in [1.29, 1.82) is 5.26 Å². The van der Waals surface area contributed by atoms with Gasteiger partial charge in [-0.05, 0) is 37.8 Å². The van der Waals surface area contributed by atoms with Crippen LogP contribution in [0.4, 0.5) is 5.69 Å². The van der Waals surface area contributed by atoms with Gasteiger partial charge in [-0.25, -0.2) is 0 Å². The molecule has 1 aromatic rings. The number of amides is 1. The van der Waals surface area contributed by atoms with Crippen LogP contribution in [0.1, 0.15) is 81.8 Å². The molecule has 0 bridgehead atoms. The van der Waals surface area contributed by atoms with E-state index in [-0.39, 0.29) is 17.5 Å². The Morgan fingerprint density at radius 1 is 0.964 bits per heavy atom. The lowest BCUT2D eigenvalue weighted by molar-refractivity contribution is -0.117. The van der Waals surface area contributed by atoms with Crippen molar-refractivity contribution in [1.82, 2.24) is 5.32 Å². The fraction of sp³-hybridized carbons (Fsp3) is 0.583. The largest absolute Gasteiger partial charge is 0.360 e. The number of carbonyl (C=O) groups is 1. The molecule has 152 valence electrons. The number of hydrogen-bond acceptors (Lipinski definition) is 3. The standard InChI is InChI=1S/C24H35N3O/c1-19-13-12-14-20(2)23(19)26-18-21(17-25)24(28)27-22-15-10-8-6-4-3-5-7-9-11-16-22/h12-14,18,22,26H,3-11,15-16H2,1-2H3,(H,27,28)/b21-18-. The molecule has 1 aliphatic rings. The van der Waals surface area contributed by atoms with E-state index in [2.05, 4.69) is 16.7 Å². The van der Waals surface area contributed by atoms with Gasteiger partial charge in [-0.2, -0.15) is 5.26 Å². The zero-order chi connectivity index (χ0) is 20.2. The molecule has 0 aliphatic heterocycles. The molecule has 0 saturated heterocycles. The quantitative estimate of drug-likeness (QED) is 0.503. The van der Waals surface area contributed by atoms with E-state index in [4.69, 9.17) is 0 Å². The van der Waals surface area contributed by atoms with Gasteiger partial charge >= 0.3 is 0 Å². The van der Waals surface area contributed by atoms with Crippen LogP contribution < -0.4 is 10.6 Å². The first kappa shape index (κ1) is 22.0. The molecular weight excluding hydrogens is 346 g/mol.